The van der Waals surface area contributed by atoms with Crippen LogP contribution in [0.2, 0.25) is 5.02 Å². The van der Waals surface area contributed by atoms with E-state index in [0.717, 1.165) is 36.6 Å². The number of rotatable bonds is 7. The molecule has 1 aliphatic carbocycles. The molecule has 5 heterocycles. The molecule has 4 aromatic rings. The SMILES string of the molecule is COc1ccc2ncc(F)c(CCC34CCC(NCc5cc6cccc(Cl)c6n(C)c5=O)(CC3)CO4)c2n1. The van der Waals surface area contributed by atoms with Crippen molar-refractivity contribution in [2.75, 3.05) is 13.7 Å². The summed E-state index contributed by atoms with van der Waals surface area (Å²) in [6, 6.07) is 11.1. The Bertz CT molecular complexity index is 1580. The van der Waals surface area contributed by atoms with Crippen molar-refractivity contribution in [1.29, 1.82) is 0 Å². The second kappa shape index (κ2) is 9.59. The van der Waals surface area contributed by atoms with E-state index >= 15 is 0 Å². The molecule has 7 nitrogen and oxygen atoms in total. The Kier molecular flexibility index (Phi) is 6.37. The number of pyridine rings is 3. The van der Waals surface area contributed by atoms with Gasteiger partial charge in [0.15, 0.2) is 0 Å². The molecule has 0 spiro atoms. The fourth-order valence-corrected chi connectivity index (χ4v) is 6.38. The maximum atomic E-state index is 14.8. The molecule has 3 aliphatic rings. The molecule has 0 amide bonds. The van der Waals surface area contributed by atoms with Gasteiger partial charge >= 0.3 is 0 Å². The summed E-state index contributed by atoms with van der Waals surface area (Å²) < 4.78 is 28.2. The summed E-state index contributed by atoms with van der Waals surface area (Å²) in [5.41, 5.74) is 2.71. The average Bonchev–Trinajstić information content (AvgIpc) is 2.94. The van der Waals surface area contributed by atoms with Crippen molar-refractivity contribution < 1.29 is 13.9 Å². The van der Waals surface area contributed by atoms with Gasteiger partial charge in [0.1, 0.15) is 5.82 Å². The molecule has 2 saturated heterocycles. The van der Waals surface area contributed by atoms with Gasteiger partial charge in [0.05, 0.1) is 47.1 Å². The van der Waals surface area contributed by atoms with Gasteiger partial charge in [-0.05, 0) is 56.7 Å². The van der Waals surface area contributed by atoms with Crippen LogP contribution in [0.1, 0.15) is 43.2 Å². The first-order valence-electron chi connectivity index (χ1n) is 13.0. The molecule has 2 aliphatic heterocycles. The van der Waals surface area contributed by atoms with Crippen molar-refractivity contribution >= 4 is 33.5 Å². The van der Waals surface area contributed by atoms with E-state index in [1.54, 1.807) is 36.9 Å². The Morgan fingerprint density at radius 2 is 2.03 bits per heavy atom. The zero-order valence-corrected chi connectivity index (χ0v) is 22.3. The number of nitrogens with one attached hydrogen (secondary N) is 1. The van der Waals surface area contributed by atoms with Crippen molar-refractivity contribution in [3.05, 3.63) is 74.9 Å². The number of halogens is 2. The van der Waals surface area contributed by atoms with E-state index in [1.807, 2.05) is 18.2 Å². The number of ether oxygens (including phenoxy) is 2. The first-order valence-corrected chi connectivity index (χ1v) is 13.3. The molecular formula is C29H30ClFN4O3. The molecule has 9 heteroatoms. The predicted octanol–water partition coefficient (Wildman–Crippen LogP) is 5.09. The largest absolute Gasteiger partial charge is 0.481 e. The maximum Gasteiger partial charge on any atom is 0.255 e. The van der Waals surface area contributed by atoms with E-state index in [0.29, 0.717) is 59.1 Å². The van der Waals surface area contributed by atoms with Crippen LogP contribution in [0.3, 0.4) is 0 Å². The predicted molar refractivity (Wildman–Crippen MR) is 145 cm³/mol. The molecule has 1 saturated carbocycles. The number of para-hydroxylation sites is 1. The van der Waals surface area contributed by atoms with Crippen molar-refractivity contribution in [2.45, 2.75) is 56.2 Å². The average molecular weight is 537 g/mol. The van der Waals surface area contributed by atoms with Crippen LogP contribution < -0.4 is 15.6 Å². The summed E-state index contributed by atoms with van der Waals surface area (Å²) >= 11 is 6.34. The smallest absolute Gasteiger partial charge is 0.255 e. The molecule has 1 aromatic carbocycles. The highest BCUT2D eigenvalue weighted by Crippen LogP contribution is 2.46. The monoisotopic (exact) mass is 536 g/mol. The van der Waals surface area contributed by atoms with Crippen molar-refractivity contribution in [3.63, 3.8) is 0 Å². The summed E-state index contributed by atoms with van der Waals surface area (Å²) in [7, 11) is 3.31. The van der Waals surface area contributed by atoms with Crippen LogP contribution in [-0.4, -0.2) is 39.4 Å². The van der Waals surface area contributed by atoms with E-state index < -0.39 is 0 Å². The van der Waals surface area contributed by atoms with Gasteiger partial charge < -0.3 is 19.4 Å². The van der Waals surface area contributed by atoms with Gasteiger partial charge in [0, 0.05) is 41.7 Å². The summed E-state index contributed by atoms with van der Waals surface area (Å²) in [6.07, 6.45) is 6.15. The fourth-order valence-electron chi connectivity index (χ4n) is 6.07. The molecule has 0 atom stereocenters. The van der Waals surface area contributed by atoms with Crippen LogP contribution in [0, 0.1) is 5.82 Å². The molecule has 0 unspecified atom stereocenters. The van der Waals surface area contributed by atoms with Gasteiger partial charge in [-0.1, -0.05) is 23.7 Å². The maximum absolute atomic E-state index is 14.8. The van der Waals surface area contributed by atoms with Gasteiger partial charge in [-0.2, -0.15) is 0 Å². The molecule has 3 fully saturated rings. The van der Waals surface area contributed by atoms with Crippen LogP contribution in [0.5, 0.6) is 5.88 Å². The van der Waals surface area contributed by atoms with Gasteiger partial charge in [-0.25, -0.2) is 9.37 Å². The third-order valence-electron chi connectivity index (χ3n) is 8.47. The first kappa shape index (κ1) is 25.2. The Morgan fingerprint density at radius 3 is 2.76 bits per heavy atom. The van der Waals surface area contributed by atoms with Gasteiger partial charge in [-0.3, -0.25) is 9.78 Å². The molecule has 7 rings (SSSR count). The second-order valence-corrected chi connectivity index (χ2v) is 11.0. The minimum atomic E-state index is -0.351. The van der Waals surface area contributed by atoms with E-state index in [4.69, 9.17) is 21.1 Å². The van der Waals surface area contributed by atoms with E-state index in [2.05, 4.69) is 15.3 Å². The molecular weight excluding hydrogens is 507 g/mol. The highest BCUT2D eigenvalue weighted by atomic mass is 35.5. The second-order valence-electron chi connectivity index (χ2n) is 10.6. The number of aromatic nitrogens is 3. The van der Waals surface area contributed by atoms with Gasteiger partial charge in [0.25, 0.3) is 5.56 Å². The summed E-state index contributed by atoms with van der Waals surface area (Å²) in [6.45, 7) is 1.03. The number of aryl methyl sites for hydroxylation is 2. The summed E-state index contributed by atoms with van der Waals surface area (Å²) in [5, 5.41) is 5.17. The Hall–Kier alpha value is -3.07. The van der Waals surface area contributed by atoms with Crippen LogP contribution in [-0.2, 0) is 24.8 Å². The van der Waals surface area contributed by atoms with Crippen molar-refractivity contribution in [3.8, 4) is 5.88 Å². The molecule has 0 radical (unpaired) electrons. The lowest BCUT2D eigenvalue weighted by Gasteiger charge is -2.53. The lowest BCUT2D eigenvalue weighted by molar-refractivity contribution is -0.165. The topological polar surface area (TPSA) is 78.3 Å². The molecule has 38 heavy (non-hydrogen) atoms. The van der Waals surface area contributed by atoms with E-state index in [1.165, 1.54) is 6.20 Å². The lowest BCUT2D eigenvalue weighted by atomic mass is 9.69. The van der Waals surface area contributed by atoms with E-state index in [9.17, 15) is 9.18 Å². The fraction of sp³-hybridized carbons (Fsp3) is 0.414. The Morgan fingerprint density at radius 1 is 1.21 bits per heavy atom. The standard InChI is InChI=1S/C29H30ClFN4O3/c1-35-26-18(4-3-5-21(26)30)14-19(27(35)36)15-33-28-10-12-29(13-11-28,38-17-28)9-8-20-22(31)16-32-23-6-7-24(37-2)34-25(20)23/h3-7,14,16,33H,8-13,15,17H2,1-2H3. The zero-order valence-electron chi connectivity index (χ0n) is 21.5. The minimum Gasteiger partial charge on any atom is -0.481 e. The van der Waals surface area contributed by atoms with E-state index in [-0.39, 0.29) is 22.5 Å². The van der Waals surface area contributed by atoms with Crippen LogP contribution in [0.4, 0.5) is 4.39 Å². The summed E-state index contributed by atoms with van der Waals surface area (Å²) in [4.78, 5) is 21.7. The molecule has 1 N–H and O–H groups in total. The Labute approximate surface area is 224 Å². The van der Waals surface area contributed by atoms with Crippen LogP contribution in [0.25, 0.3) is 21.9 Å². The first-order chi connectivity index (χ1) is 18.3. The highest BCUT2D eigenvalue weighted by Gasteiger charge is 2.49. The van der Waals surface area contributed by atoms with Crippen LogP contribution >= 0.6 is 11.6 Å². The normalized spacial score (nSPS) is 22.8. The minimum absolute atomic E-state index is 0.0479. The third-order valence-corrected chi connectivity index (χ3v) is 8.77. The molecule has 2 bridgehead atoms. The van der Waals surface area contributed by atoms with Gasteiger partial charge in [0.2, 0.25) is 5.88 Å². The number of nitrogens with zero attached hydrogens (tertiary/aromatic N) is 3. The lowest BCUT2D eigenvalue weighted by Crippen LogP contribution is -2.61. The summed E-state index contributed by atoms with van der Waals surface area (Å²) in [5.74, 6) is 0.0895. The molecule has 3 aromatic heterocycles. The zero-order chi connectivity index (χ0) is 26.5. The number of benzene rings is 1. The van der Waals surface area contributed by atoms with Crippen LogP contribution in [0.15, 0.2) is 47.4 Å². The Balaban J connectivity index is 1.15. The number of hydrogen-bond donors (Lipinski definition) is 1. The molecule has 198 valence electrons. The van der Waals surface area contributed by atoms with Gasteiger partial charge in [-0.15, -0.1) is 0 Å². The highest BCUT2D eigenvalue weighted by molar-refractivity contribution is 6.35. The number of hydrogen-bond acceptors (Lipinski definition) is 6. The van der Waals surface area contributed by atoms with Crippen molar-refractivity contribution in [1.82, 2.24) is 19.9 Å². The number of methoxy groups -OCH3 is 1. The quantitative estimate of drug-likeness (QED) is 0.354. The third kappa shape index (κ3) is 4.34. The number of fused-ring (bicyclic) bond motifs is 5. The van der Waals surface area contributed by atoms with Crippen molar-refractivity contribution in [2.24, 2.45) is 7.05 Å².